The Balaban J connectivity index is 1.04. The highest BCUT2D eigenvalue weighted by Gasteiger charge is 2.38. The van der Waals surface area contributed by atoms with E-state index in [4.69, 9.17) is 0 Å². The van der Waals surface area contributed by atoms with Gasteiger partial charge in [0.05, 0.1) is 5.69 Å². The maximum absolute atomic E-state index is 2.47. The second-order valence-corrected chi connectivity index (χ2v) is 17.6. The van der Waals surface area contributed by atoms with E-state index in [1.165, 1.54) is 92.6 Å². The van der Waals surface area contributed by atoms with Gasteiger partial charge in [-0.15, -0.1) is 11.3 Å². The Hall–Kier alpha value is -6.22. The summed E-state index contributed by atoms with van der Waals surface area (Å²) in [5.41, 5.74) is 19.2. The van der Waals surface area contributed by atoms with E-state index in [1.807, 2.05) is 11.3 Å². The van der Waals surface area contributed by atoms with Gasteiger partial charge in [0, 0.05) is 47.9 Å². The van der Waals surface area contributed by atoms with Crippen LogP contribution in [-0.2, 0) is 10.8 Å². The van der Waals surface area contributed by atoms with Crippen molar-refractivity contribution in [1.82, 2.24) is 0 Å². The molecule has 8 aromatic carbocycles. The summed E-state index contributed by atoms with van der Waals surface area (Å²) in [6.45, 7) is 9.43. The third-order valence-corrected chi connectivity index (χ3v) is 13.8. The second-order valence-electron chi connectivity index (χ2n) is 16.5. The van der Waals surface area contributed by atoms with Crippen molar-refractivity contribution in [2.75, 3.05) is 4.90 Å². The molecule has 0 atom stereocenters. The summed E-state index contributed by atoms with van der Waals surface area (Å²) in [4.78, 5) is 2.47. The minimum absolute atomic E-state index is 0.0371. The molecule has 56 heavy (non-hydrogen) atoms. The first-order chi connectivity index (χ1) is 27.3. The smallest absolute Gasteiger partial charge is 0.0543 e. The molecule has 0 fully saturated rings. The molecule has 1 aromatic heterocycles. The Bertz CT molecular complexity index is 3010. The number of rotatable bonds is 5. The maximum Gasteiger partial charge on any atom is 0.0543 e. The van der Waals surface area contributed by atoms with Crippen molar-refractivity contribution in [2.24, 2.45) is 0 Å². The fraction of sp³-hybridized carbons (Fsp3) is 0.111. The van der Waals surface area contributed by atoms with Crippen LogP contribution in [-0.4, -0.2) is 0 Å². The Labute approximate surface area is 333 Å². The number of thiophene rings is 1. The van der Waals surface area contributed by atoms with Crippen LogP contribution < -0.4 is 4.90 Å². The average Bonchev–Trinajstić information content (AvgIpc) is 3.82. The number of anilines is 3. The zero-order chi connectivity index (χ0) is 37.8. The van der Waals surface area contributed by atoms with Crippen LogP contribution >= 0.6 is 11.3 Å². The number of fused-ring (bicyclic) bond motifs is 9. The van der Waals surface area contributed by atoms with Crippen molar-refractivity contribution >= 4 is 48.6 Å². The third kappa shape index (κ3) is 4.79. The van der Waals surface area contributed by atoms with Gasteiger partial charge in [-0.1, -0.05) is 155 Å². The minimum atomic E-state index is -0.0929. The van der Waals surface area contributed by atoms with Gasteiger partial charge in [-0.2, -0.15) is 0 Å². The summed E-state index contributed by atoms with van der Waals surface area (Å²) >= 11 is 1.87. The lowest BCUT2D eigenvalue weighted by Crippen LogP contribution is -2.16. The Morgan fingerprint density at radius 3 is 1.70 bits per heavy atom. The Morgan fingerprint density at radius 2 is 0.929 bits per heavy atom. The van der Waals surface area contributed by atoms with E-state index in [0.717, 1.165) is 11.4 Å². The molecule has 11 rings (SSSR count). The van der Waals surface area contributed by atoms with Gasteiger partial charge in [0.25, 0.3) is 0 Å². The Morgan fingerprint density at radius 1 is 0.393 bits per heavy atom. The molecule has 0 saturated carbocycles. The lowest BCUT2D eigenvalue weighted by atomic mass is 9.81. The highest BCUT2D eigenvalue weighted by Crippen LogP contribution is 2.55. The zero-order valence-corrected chi connectivity index (χ0v) is 32.9. The van der Waals surface area contributed by atoms with Crippen molar-refractivity contribution in [2.45, 2.75) is 38.5 Å². The fourth-order valence-electron chi connectivity index (χ4n) is 9.84. The molecular formula is C54H41NS. The van der Waals surface area contributed by atoms with E-state index in [2.05, 4.69) is 209 Å². The van der Waals surface area contributed by atoms with Crippen molar-refractivity contribution < 1.29 is 0 Å². The lowest BCUT2D eigenvalue weighted by Gasteiger charge is -2.29. The summed E-state index contributed by atoms with van der Waals surface area (Å²) < 4.78 is 2.66. The van der Waals surface area contributed by atoms with Crippen molar-refractivity contribution in [3.8, 4) is 44.5 Å². The number of hydrogen-bond donors (Lipinski definition) is 0. The molecular weight excluding hydrogens is 695 g/mol. The molecule has 0 spiro atoms. The summed E-state index contributed by atoms with van der Waals surface area (Å²) in [6.07, 6.45) is 0. The predicted octanol–water partition coefficient (Wildman–Crippen LogP) is 15.5. The second kappa shape index (κ2) is 12.1. The molecule has 0 radical (unpaired) electrons. The number of benzene rings is 8. The number of nitrogens with zero attached hydrogens (tertiary/aromatic N) is 1. The number of hydrogen-bond acceptors (Lipinski definition) is 2. The molecule has 9 aromatic rings. The van der Waals surface area contributed by atoms with Crippen molar-refractivity contribution in [3.63, 3.8) is 0 Å². The van der Waals surface area contributed by atoms with Crippen molar-refractivity contribution in [1.29, 1.82) is 0 Å². The van der Waals surface area contributed by atoms with Gasteiger partial charge in [0.15, 0.2) is 0 Å². The highest BCUT2D eigenvalue weighted by molar-refractivity contribution is 7.25. The summed E-state index contributed by atoms with van der Waals surface area (Å²) in [7, 11) is 0. The van der Waals surface area contributed by atoms with E-state index in [1.54, 1.807) is 0 Å². The van der Waals surface area contributed by atoms with E-state index >= 15 is 0 Å². The van der Waals surface area contributed by atoms with Gasteiger partial charge in [0.2, 0.25) is 0 Å². The van der Waals surface area contributed by atoms with Crippen LogP contribution in [0.4, 0.5) is 17.1 Å². The van der Waals surface area contributed by atoms with Crippen LogP contribution in [0.5, 0.6) is 0 Å². The maximum atomic E-state index is 2.47. The van der Waals surface area contributed by atoms with Crippen LogP contribution in [0.25, 0.3) is 64.7 Å². The molecule has 1 nitrogen and oxygen atoms in total. The van der Waals surface area contributed by atoms with Gasteiger partial charge < -0.3 is 4.90 Å². The standard InChI is InChI=1S/C54H41NS/c1-53(2)45-18-9-6-14-42(45)52-46(53)19-12-20-48(52)55(38-30-25-35(26-31-38)39-16-11-22-50-51(39)43-15-7-10-21-49(43)56-50)37-28-23-34(24-29-37)36-27-32-41-40-13-5-8-17-44(40)54(3,4)47(41)33-36/h5-33H,1-4H3. The molecule has 0 amide bonds. The van der Waals surface area contributed by atoms with Crippen LogP contribution in [0, 0.1) is 0 Å². The van der Waals surface area contributed by atoms with Crippen LogP contribution in [0.1, 0.15) is 49.9 Å². The molecule has 2 heteroatoms. The molecule has 1 heterocycles. The summed E-state index contributed by atoms with van der Waals surface area (Å²) in [6, 6.07) is 65.7. The van der Waals surface area contributed by atoms with E-state index < -0.39 is 0 Å². The van der Waals surface area contributed by atoms with Gasteiger partial charge in [-0.05, 0) is 110 Å². The van der Waals surface area contributed by atoms with Gasteiger partial charge in [0.1, 0.15) is 0 Å². The van der Waals surface area contributed by atoms with Crippen molar-refractivity contribution in [3.05, 3.63) is 198 Å². The predicted molar refractivity (Wildman–Crippen MR) is 240 cm³/mol. The molecule has 0 unspecified atom stereocenters. The fourth-order valence-corrected chi connectivity index (χ4v) is 11.0. The summed E-state index contributed by atoms with van der Waals surface area (Å²) in [5.74, 6) is 0. The average molecular weight is 736 g/mol. The molecule has 0 aliphatic heterocycles. The molecule has 0 N–H and O–H groups in total. The molecule has 2 aliphatic rings. The van der Waals surface area contributed by atoms with Gasteiger partial charge in [-0.25, -0.2) is 0 Å². The largest absolute Gasteiger partial charge is 0.310 e. The monoisotopic (exact) mass is 735 g/mol. The quantitative estimate of drug-likeness (QED) is 0.170. The van der Waals surface area contributed by atoms with Gasteiger partial charge >= 0.3 is 0 Å². The summed E-state index contributed by atoms with van der Waals surface area (Å²) in [5, 5.41) is 2.67. The van der Waals surface area contributed by atoms with E-state index in [-0.39, 0.29) is 10.8 Å². The zero-order valence-electron chi connectivity index (χ0n) is 32.1. The SMILES string of the molecule is CC1(C)c2ccccc2-c2ccc(-c3ccc(N(c4ccc(-c5cccc6sc7ccccc7c56)cc4)c4cccc5c4-c4ccccc4C5(C)C)cc3)cc21. The van der Waals surface area contributed by atoms with E-state index in [9.17, 15) is 0 Å². The lowest BCUT2D eigenvalue weighted by molar-refractivity contribution is 0.660. The minimum Gasteiger partial charge on any atom is -0.310 e. The Kier molecular flexibility index (Phi) is 7.18. The van der Waals surface area contributed by atoms with Crippen LogP contribution in [0.3, 0.4) is 0 Å². The molecule has 268 valence electrons. The molecule has 0 bridgehead atoms. The third-order valence-electron chi connectivity index (χ3n) is 12.7. The topological polar surface area (TPSA) is 3.24 Å². The first-order valence-electron chi connectivity index (χ1n) is 19.7. The molecule has 0 saturated heterocycles. The first kappa shape index (κ1) is 33.1. The normalized spacial score (nSPS) is 14.4. The first-order valence-corrected chi connectivity index (χ1v) is 20.5. The highest BCUT2D eigenvalue weighted by atomic mass is 32.1. The molecule has 2 aliphatic carbocycles. The van der Waals surface area contributed by atoms with E-state index in [0.29, 0.717) is 0 Å². The van der Waals surface area contributed by atoms with Gasteiger partial charge in [-0.3, -0.25) is 0 Å². The van der Waals surface area contributed by atoms with Crippen LogP contribution in [0.15, 0.2) is 176 Å². The van der Waals surface area contributed by atoms with Crippen LogP contribution in [0.2, 0.25) is 0 Å².